The summed E-state index contributed by atoms with van der Waals surface area (Å²) in [6.07, 6.45) is 0. The number of benzene rings is 3. The SMILES string of the molecule is CCN(C(=O)CSc1nnnn1-c1ccccc1OC)c1cccc2ccccc12. The van der Waals surface area contributed by atoms with E-state index in [0.717, 1.165) is 22.1 Å². The van der Waals surface area contributed by atoms with Gasteiger partial charge < -0.3 is 9.64 Å². The number of para-hydroxylation sites is 2. The maximum atomic E-state index is 13.1. The lowest BCUT2D eigenvalue weighted by atomic mass is 10.1. The second-order valence-corrected chi connectivity index (χ2v) is 7.41. The number of thioether (sulfide) groups is 1. The summed E-state index contributed by atoms with van der Waals surface area (Å²) in [6, 6.07) is 21.6. The number of carbonyl (C=O) groups is 1. The molecule has 0 saturated heterocycles. The fourth-order valence-corrected chi connectivity index (χ4v) is 4.11. The quantitative estimate of drug-likeness (QED) is 0.422. The van der Waals surface area contributed by atoms with E-state index >= 15 is 0 Å². The summed E-state index contributed by atoms with van der Waals surface area (Å²) in [6.45, 7) is 2.55. The van der Waals surface area contributed by atoms with Crippen molar-refractivity contribution in [2.24, 2.45) is 0 Å². The average molecular weight is 420 g/mol. The average Bonchev–Trinajstić information content (AvgIpc) is 3.26. The smallest absolute Gasteiger partial charge is 0.237 e. The summed E-state index contributed by atoms with van der Waals surface area (Å²) >= 11 is 1.30. The molecular weight excluding hydrogens is 398 g/mol. The first kappa shape index (κ1) is 19.9. The third-order valence-electron chi connectivity index (χ3n) is 4.75. The van der Waals surface area contributed by atoms with E-state index in [2.05, 4.69) is 15.5 Å². The molecule has 7 nitrogen and oxygen atoms in total. The zero-order valence-corrected chi connectivity index (χ0v) is 17.5. The molecule has 0 radical (unpaired) electrons. The summed E-state index contributed by atoms with van der Waals surface area (Å²) in [7, 11) is 1.60. The number of rotatable bonds is 7. The van der Waals surface area contributed by atoms with Gasteiger partial charge in [-0.05, 0) is 40.9 Å². The maximum absolute atomic E-state index is 13.1. The van der Waals surface area contributed by atoms with Crippen LogP contribution in [0, 0.1) is 0 Å². The Morgan fingerprint density at radius 1 is 1.07 bits per heavy atom. The Morgan fingerprint density at radius 3 is 2.67 bits per heavy atom. The minimum Gasteiger partial charge on any atom is -0.494 e. The fourth-order valence-electron chi connectivity index (χ4n) is 3.35. The minimum absolute atomic E-state index is 0.00608. The van der Waals surface area contributed by atoms with Crippen LogP contribution in [0.15, 0.2) is 71.9 Å². The highest BCUT2D eigenvalue weighted by atomic mass is 32.2. The van der Waals surface area contributed by atoms with Crippen molar-refractivity contribution in [1.82, 2.24) is 20.2 Å². The van der Waals surface area contributed by atoms with E-state index in [4.69, 9.17) is 4.74 Å². The summed E-state index contributed by atoms with van der Waals surface area (Å²) < 4.78 is 6.99. The van der Waals surface area contributed by atoms with Crippen LogP contribution in [-0.4, -0.2) is 45.5 Å². The van der Waals surface area contributed by atoms with Crippen LogP contribution < -0.4 is 9.64 Å². The highest BCUT2D eigenvalue weighted by Crippen LogP contribution is 2.29. The Bertz CT molecular complexity index is 1170. The van der Waals surface area contributed by atoms with Crippen molar-refractivity contribution < 1.29 is 9.53 Å². The van der Waals surface area contributed by atoms with Crippen molar-refractivity contribution in [3.63, 3.8) is 0 Å². The number of amides is 1. The summed E-state index contributed by atoms with van der Waals surface area (Å²) in [5.41, 5.74) is 1.63. The molecule has 1 aromatic heterocycles. The number of fused-ring (bicyclic) bond motifs is 1. The predicted molar refractivity (Wildman–Crippen MR) is 118 cm³/mol. The Hall–Kier alpha value is -3.39. The van der Waals surface area contributed by atoms with Crippen LogP contribution in [-0.2, 0) is 4.79 Å². The van der Waals surface area contributed by atoms with E-state index in [1.54, 1.807) is 16.7 Å². The molecule has 4 aromatic rings. The van der Waals surface area contributed by atoms with Gasteiger partial charge in [0.25, 0.3) is 0 Å². The number of hydrogen-bond donors (Lipinski definition) is 0. The van der Waals surface area contributed by atoms with Crippen LogP contribution in [0.1, 0.15) is 6.92 Å². The van der Waals surface area contributed by atoms with Crippen LogP contribution in [0.3, 0.4) is 0 Å². The second-order valence-electron chi connectivity index (χ2n) is 6.47. The number of nitrogens with zero attached hydrogens (tertiary/aromatic N) is 5. The highest BCUT2D eigenvalue weighted by molar-refractivity contribution is 7.99. The van der Waals surface area contributed by atoms with Gasteiger partial charge in [-0.1, -0.05) is 60.3 Å². The Kier molecular flexibility index (Phi) is 5.94. The van der Waals surface area contributed by atoms with E-state index in [-0.39, 0.29) is 11.7 Å². The molecule has 4 rings (SSSR count). The Morgan fingerprint density at radius 2 is 1.83 bits per heavy atom. The summed E-state index contributed by atoms with van der Waals surface area (Å²) in [5.74, 6) is 0.865. The molecule has 0 saturated carbocycles. The van der Waals surface area contributed by atoms with Gasteiger partial charge in [0.05, 0.1) is 18.6 Å². The molecule has 1 heterocycles. The van der Waals surface area contributed by atoms with E-state index in [0.29, 0.717) is 17.5 Å². The molecule has 0 fully saturated rings. The second kappa shape index (κ2) is 8.96. The molecule has 30 heavy (non-hydrogen) atoms. The van der Waals surface area contributed by atoms with Gasteiger partial charge in [-0.25, -0.2) is 0 Å². The van der Waals surface area contributed by atoms with E-state index < -0.39 is 0 Å². The van der Waals surface area contributed by atoms with Gasteiger partial charge in [0.2, 0.25) is 11.1 Å². The fraction of sp³-hybridized carbons (Fsp3) is 0.182. The highest BCUT2D eigenvalue weighted by Gasteiger charge is 2.19. The molecule has 3 aromatic carbocycles. The van der Waals surface area contributed by atoms with E-state index in [9.17, 15) is 4.79 Å². The van der Waals surface area contributed by atoms with Crippen LogP contribution >= 0.6 is 11.8 Å². The molecule has 152 valence electrons. The lowest BCUT2D eigenvalue weighted by Crippen LogP contribution is -2.32. The number of methoxy groups -OCH3 is 1. The Balaban J connectivity index is 1.56. The van der Waals surface area contributed by atoms with Gasteiger partial charge in [-0.3, -0.25) is 4.79 Å². The van der Waals surface area contributed by atoms with Gasteiger partial charge in [0.1, 0.15) is 11.4 Å². The van der Waals surface area contributed by atoms with Gasteiger partial charge >= 0.3 is 0 Å². The molecule has 0 spiro atoms. The third-order valence-corrected chi connectivity index (χ3v) is 5.66. The maximum Gasteiger partial charge on any atom is 0.237 e. The molecular formula is C22H21N5O2S. The molecule has 0 aliphatic carbocycles. The first-order valence-electron chi connectivity index (χ1n) is 9.55. The number of aromatic nitrogens is 4. The lowest BCUT2D eigenvalue weighted by Gasteiger charge is -2.22. The molecule has 8 heteroatoms. The lowest BCUT2D eigenvalue weighted by molar-refractivity contribution is -0.116. The number of anilines is 1. The van der Waals surface area contributed by atoms with Crippen LogP contribution in [0.25, 0.3) is 16.5 Å². The first-order valence-corrected chi connectivity index (χ1v) is 10.5. The largest absolute Gasteiger partial charge is 0.494 e. The van der Waals surface area contributed by atoms with Crippen molar-refractivity contribution >= 4 is 34.1 Å². The van der Waals surface area contributed by atoms with Crippen molar-refractivity contribution in [3.8, 4) is 11.4 Å². The zero-order valence-electron chi connectivity index (χ0n) is 16.7. The standard InChI is InChI=1S/C22H21N5O2S/c1-3-26(18-13-8-10-16-9-4-5-11-17(16)18)21(28)15-30-22-23-24-25-27(22)19-12-6-7-14-20(19)29-2/h4-14H,3,15H2,1-2H3. The van der Waals surface area contributed by atoms with Gasteiger partial charge in [-0.15, -0.1) is 5.10 Å². The van der Waals surface area contributed by atoms with Crippen molar-refractivity contribution in [1.29, 1.82) is 0 Å². The van der Waals surface area contributed by atoms with Gasteiger partial charge in [0.15, 0.2) is 0 Å². The number of hydrogen-bond acceptors (Lipinski definition) is 6. The normalized spacial score (nSPS) is 10.9. The third kappa shape index (κ3) is 3.86. The van der Waals surface area contributed by atoms with E-state index in [1.807, 2.05) is 73.7 Å². The zero-order chi connectivity index (χ0) is 20.9. The van der Waals surface area contributed by atoms with E-state index in [1.165, 1.54) is 11.8 Å². The monoisotopic (exact) mass is 419 g/mol. The van der Waals surface area contributed by atoms with Crippen molar-refractivity contribution in [2.75, 3.05) is 24.3 Å². The molecule has 0 aliphatic rings. The summed E-state index contributed by atoms with van der Waals surface area (Å²) in [4.78, 5) is 14.9. The van der Waals surface area contributed by atoms with Crippen LogP contribution in [0.5, 0.6) is 5.75 Å². The van der Waals surface area contributed by atoms with Crippen LogP contribution in [0.4, 0.5) is 5.69 Å². The number of ether oxygens (including phenoxy) is 1. The molecule has 0 bridgehead atoms. The molecule has 0 N–H and O–H groups in total. The molecule has 0 atom stereocenters. The molecule has 1 amide bonds. The minimum atomic E-state index is -0.00608. The number of tetrazole rings is 1. The predicted octanol–water partition coefficient (Wildman–Crippen LogP) is 3.97. The van der Waals surface area contributed by atoms with Crippen molar-refractivity contribution in [2.45, 2.75) is 12.1 Å². The first-order chi connectivity index (χ1) is 14.7. The summed E-state index contributed by atoms with van der Waals surface area (Å²) in [5, 5.41) is 14.6. The van der Waals surface area contributed by atoms with Gasteiger partial charge in [0, 0.05) is 11.9 Å². The topological polar surface area (TPSA) is 73.1 Å². The number of carbonyl (C=O) groups excluding carboxylic acids is 1. The van der Waals surface area contributed by atoms with Gasteiger partial charge in [-0.2, -0.15) is 4.68 Å². The Labute approximate surface area is 178 Å². The molecule has 0 aliphatic heterocycles. The van der Waals surface area contributed by atoms with Crippen LogP contribution in [0.2, 0.25) is 0 Å². The molecule has 0 unspecified atom stereocenters. The van der Waals surface area contributed by atoms with Crippen molar-refractivity contribution in [3.05, 3.63) is 66.7 Å².